The average molecular weight is 266 g/mol. The summed E-state index contributed by atoms with van der Waals surface area (Å²) in [5.74, 6) is 1.09. The van der Waals surface area contributed by atoms with Crippen LogP contribution >= 0.6 is 0 Å². The van der Waals surface area contributed by atoms with Gasteiger partial charge in [-0.1, -0.05) is 32.6 Å². The highest BCUT2D eigenvalue weighted by molar-refractivity contribution is 6.59. The molecule has 5 heteroatoms. The number of hydrogen-bond donors (Lipinski definition) is 2. The largest absolute Gasteiger partial charge is 0.497 e. The fourth-order valence-corrected chi connectivity index (χ4v) is 1.87. The van der Waals surface area contributed by atoms with Crippen LogP contribution in [0.25, 0.3) is 0 Å². The van der Waals surface area contributed by atoms with E-state index >= 15 is 0 Å². The molecule has 2 N–H and O–H groups in total. The summed E-state index contributed by atoms with van der Waals surface area (Å²) in [6, 6.07) is 5.04. The molecule has 0 heterocycles. The first-order valence-electron chi connectivity index (χ1n) is 6.86. The molecule has 0 radical (unpaired) electrons. The van der Waals surface area contributed by atoms with E-state index in [9.17, 15) is 10.0 Å². The van der Waals surface area contributed by atoms with Crippen LogP contribution in [0.3, 0.4) is 0 Å². The van der Waals surface area contributed by atoms with Crippen molar-refractivity contribution in [3.05, 3.63) is 18.2 Å². The zero-order chi connectivity index (χ0) is 14.1. The molecule has 0 spiro atoms. The van der Waals surface area contributed by atoms with Crippen LogP contribution in [0, 0.1) is 0 Å². The van der Waals surface area contributed by atoms with Gasteiger partial charge in [-0.25, -0.2) is 0 Å². The molecule has 0 amide bonds. The predicted molar refractivity (Wildman–Crippen MR) is 77.1 cm³/mol. The summed E-state index contributed by atoms with van der Waals surface area (Å²) >= 11 is 0. The van der Waals surface area contributed by atoms with Crippen LogP contribution in [0.5, 0.6) is 11.5 Å². The fraction of sp³-hybridized carbons (Fsp3) is 0.571. The Labute approximate surface area is 115 Å². The van der Waals surface area contributed by atoms with Gasteiger partial charge in [-0.2, -0.15) is 0 Å². The molecule has 0 aliphatic heterocycles. The van der Waals surface area contributed by atoms with Crippen molar-refractivity contribution in [1.29, 1.82) is 0 Å². The van der Waals surface area contributed by atoms with Crippen LogP contribution < -0.4 is 14.9 Å². The van der Waals surface area contributed by atoms with Crippen LogP contribution in [0.15, 0.2) is 18.2 Å². The van der Waals surface area contributed by atoms with Crippen LogP contribution in [-0.2, 0) is 0 Å². The third kappa shape index (κ3) is 5.53. The number of rotatable bonds is 9. The summed E-state index contributed by atoms with van der Waals surface area (Å²) in [7, 11) is -0.0119. The molecule has 0 aliphatic carbocycles. The van der Waals surface area contributed by atoms with Gasteiger partial charge in [0.1, 0.15) is 11.5 Å². The molecule has 0 unspecified atom stereocenters. The molecule has 0 bridgehead atoms. The maximum absolute atomic E-state index is 9.32. The Morgan fingerprint density at radius 1 is 1.11 bits per heavy atom. The Bertz CT molecular complexity index is 368. The Hall–Kier alpha value is -1.20. The maximum atomic E-state index is 9.32. The number of hydrogen-bond acceptors (Lipinski definition) is 4. The molecule has 1 rings (SSSR count). The molecular weight excluding hydrogens is 243 g/mol. The number of unbranched alkanes of at least 4 members (excludes halogenated alkanes) is 4. The van der Waals surface area contributed by atoms with Crippen LogP contribution in [-0.4, -0.2) is 30.9 Å². The topological polar surface area (TPSA) is 58.9 Å². The zero-order valence-electron chi connectivity index (χ0n) is 11.8. The molecule has 0 aliphatic rings. The zero-order valence-corrected chi connectivity index (χ0v) is 11.8. The van der Waals surface area contributed by atoms with Gasteiger partial charge in [0.2, 0.25) is 0 Å². The number of methoxy groups -OCH3 is 1. The van der Waals surface area contributed by atoms with Crippen molar-refractivity contribution in [1.82, 2.24) is 0 Å². The first kappa shape index (κ1) is 15.9. The molecule has 1 aromatic rings. The minimum Gasteiger partial charge on any atom is -0.497 e. The summed E-state index contributed by atoms with van der Waals surface area (Å²) in [6.07, 6.45) is 5.81. The van der Waals surface area contributed by atoms with Gasteiger partial charge in [-0.3, -0.25) is 0 Å². The molecular formula is C14H23BO4. The van der Waals surface area contributed by atoms with E-state index in [0.717, 1.165) is 12.8 Å². The van der Waals surface area contributed by atoms with Gasteiger partial charge >= 0.3 is 7.12 Å². The molecule has 1 aromatic carbocycles. The van der Waals surface area contributed by atoms with Crippen molar-refractivity contribution >= 4 is 12.6 Å². The van der Waals surface area contributed by atoms with E-state index in [1.54, 1.807) is 18.2 Å². The molecule has 0 atom stereocenters. The fourth-order valence-electron chi connectivity index (χ4n) is 1.87. The number of benzene rings is 1. The lowest BCUT2D eigenvalue weighted by Gasteiger charge is -2.12. The second-order valence-corrected chi connectivity index (χ2v) is 4.54. The Kier molecular flexibility index (Phi) is 7.37. The minimum atomic E-state index is -1.55. The highest BCUT2D eigenvalue weighted by atomic mass is 16.5. The molecule has 19 heavy (non-hydrogen) atoms. The molecule has 106 valence electrons. The van der Waals surface area contributed by atoms with E-state index in [1.807, 2.05) is 0 Å². The quantitative estimate of drug-likeness (QED) is 0.528. The summed E-state index contributed by atoms with van der Waals surface area (Å²) < 4.78 is 10.7. The molecule has 0 aromatic heterocycles. The Morgan fingerprint density at radius 2 is 1.84 bits per heavy atom. The first-order valence-corrected chi connectivity index (χ1v) is 6.86. The predicted octanol–water partition coefficient (Wildman–Crippen LogP) is 1.72. The monoisotopic (exact) mass is 266 g/mol. The summed E-state index contributed by atoms with van der Waals surface area (Å²) in [4.78, 5) is 0. The van der Waals surface area contributed by atoms with E-state index in [1.165, 1.54) is 26.4 Å². The smallest absolute Gasteiger partial charge is 0.492 e. The number of ether oxygens (including phenoxy) is 2. The van der Waals surface area contributed by atoms with Gasteiger partial charge in [0.15, 0.2) is 0 Å². The molecule has 4 nitrogen and oxygen atoms in total. The van der Waals surface area contributed by atoms with E-state index in [4.69, 9.17) is 9.47 Å². The van der Waals surface area contributed by atoms with Crippen molar-refractivity contribution in [2.75, 3.05) is 13.7 Å². The third-order valence-electron chi connectivity index (χ3n) is 3.00. The summed E-state index contributed by atoms with van der Waals surface area (Å²) in [5, 5.41) is 18.6. The van der Waals surface area contributed by atoms with Crippen molar-refractivity contribution < 1.29 is 19.5 Å². The Morgan fingerprint density at radius 3 is 2.47 bits per heavy atom. The van der Waals surface area contributed by atoms with Crippen LogP contribution in [0.4, 0.5) is 0 Å². The van der Waals surface area contributed by atoms with Gasteiger partial charge in [-0.15, -0.1) is 0 Å². The minimum absolute atomic E-state index is 0.341. The van der Waals surface area contributed by atoms with Crippen molar-refractivity contribution in [3.63, 3.8) is 0 Å². The molecule has 0 fully saturated rings. The van der Waals surface area contributed by atoms with E-state index in [0.29, 0.717) is 23.6 Å². The van der Waals surface area contributed by atoms with Gasteiger partial charge < -0.3 is 19.5 Å². The van der Waals surface area contributed by atoms with Gasteiger partial charge in [0.05, 0.1) is 13.7 Å². The van der Waals surface area contributed by atoms with Crippen molar-refractivity contribution in [3.8, 4) is 11.5 Å². The molecule has 0 saturated heterocycles. The lowest BCUT2D eigenvalue weighted by atomic mass is 9.79. The van der Waals surface area contributed by atoms with Crippen LogP contribution in [0.1, 0.15) is 39.0 Å². The van der Waals surface area contributed by atoms with Gasteiger partial charge in [0.25, 0.3) is 0 Å². The van der Waals surface area contributed by atoms with E-state index in [2.05, 4.69) is 6.92 Å². The van der Waals surface area contributed by atoms with E-state index in [-0.39, 0.29) is 0 Å². The maximum Gasteiger partial charge on any atom is 0.492 e. The normalized spacial score (nSPS) is 10.3. The van der Waals surface area contributed by atoms with Crippen molar-refractivity contribution in [2.45, 2.75) is 39.0 Å². The van der Waals surface area contributed by atoms with Gasteiger partial charge in [0, 0.05) is 5.46 Å². The average Bonchev–Trinajstić information content (AvgIpc) is 2.42. The van der Waals surface area contributed by atoms with E-state index < -0.39 is 7.12 Å². The van der Waals surface area contributed by atoms with Crippen molar-refractivity contribution in [2.24, 2.45) is 0 Å². The lowest BCUT2D eigenvalue weighted by molar-refractivity contribution is 0.304. The Balaban J connectivity index is 2.48. The summed E-state index contributed by atoms with van der Waals surface area (Å²) in [6.45, 7) is 2.78. The second-order valence-electron chi connectivity index (χ2n) is 4.54. The SMILES string of the molecule is CCCCCCCOc1ccc(OC)cc1B(O)O. The molecule has 0 saturated carbocycles. The highest BCUT2D eigenvalue weighted by Crippen LogP contribution is 2.16. The van der Waals surface area contributed by atoms with Gasteiger partial charge in [-0.05, 0) is 24.6 Å². The first-order chi connectivity index (χ1) is 9.19. The lowest BCUT2D eigenvalue weighted by Crippen LogP contribution is -2.31. The summed E-state index contributed by atoms with van der Waals surface area (Å²) in [5.41, 5.74) is 0.341. The standard InChI is InChI=1S/C14H23BO4/c1-3-4-5-6-7-10-19-14-9-8-12(18-2)11-13(14)15(16)17/h8-9,11,16-17H,3-7,10H2,1-2H3. The highest BCUT2D eigenvalue weighted by Gasteiger charge is 2.18. The third-order valence-corrected chi connectivity index (χ3v) is 3.00. The second kappa shape index (κ2) is 8.83. The van der Waals surface area contributed by atoms with Crippen LogP contribution in [0.2, 0.25) is 0 Å².